The summed E-state index contributed by atoms with van der Waals surface area (Å²) in [7, 11) is 0. The maximum atomic E-state index is 11.9. The fourth-order valence-electron chi connectivity index (χ4n) is 2.46. The van der Waals surface area contributed by atoms with Crippen molar-refractivity contribution in [3.05, 3.63) is 0 Å². The highest BCUT2D eigenvalue weighted by atomic mass is 16.2. The monoisotopic (exact) mass is 221 g/mol. The van der Waals surface area contributed by atoms with Gasteiger partial charge >= 0.3 is 0 Å². The Bertz CT molecular complexity index is 248. The highest BCUT2D eigenvalue weighted by Gasteiger charge is 2.18. The molecule has 2 nitrogen and oxygen atoms in total. The summed E-state index contributed by atoms with van der Waals surface area (Å²) in [5.74, 6) is 3.60. The molecule has 2 heteroatoms. The van der Waals surface area contributed by atoms with Crippen LogP contribution in [0.15, 0.2) is 0 Å². The van der Waals surface area contributed by atoms with Gasteiger partial charge in [0.05, 0.1) is 6.54 Å². The maximum Gasteiger partial charge on any atom is 0.223 e. The third-order valence-corrected chi connectivity index (χ3v) is 3.37. The van der Waals surface area contributed by atoms with Gasteiger partial charge in [0.1, 0.15) is 0 Å². The summed E-state index contributed by atoms with van der Waals surface area (Å²) < 4.78 is 0. The Morgan fingerprint density at radius 1 is 1.44 bits per heavy atom. The van der Waals surface area contributed by atoms with E-state index < -0.39 is 0 Å². The standard InChI is InChI=1S/C14H23NO/c1-3-11-15(12-4-2)14(16)10-9-13-7-5-6-8-13/h1,13H,4-12H2,2H3. The molecule has 1 aliphatic rings. The van der Waals surface area contributed by atoms with Crippen LogP contribution in [0.2, 0.25) is 0 Å². The van der Waals surface area contributed by atoms with Gasteiger partial charge in [0, 0.05) is 13.0 Å². The number of carbonyl (C=O) groups is 1. The van der Waals surface area contributed by atoms with Crippen molar-refractivity contribution in [1.29, 1.82) is 0 Å². The first kappa shape index (κ1) is 13.1. The second kappa shape index (κ2) is 7.33. The van der Waals surface area contributed by atoms with Gasteiger partial charge in [0.15, 0.2) is 0 Å². The maximum absolute atomic E-state index is 11.9. The highest BCUT2D eigenvalue weighted by Crippen LogP contribution is 2.28. The summed E-state index contributed by atoms with van der Waals surface area (Å²) >= 11 is 0. The van der Waals surface area contributed by atoms with Gasteiger partial charge in [-0.25, -0.2) is 0 Å². The van der Waals surface area contributed by atoms with Gasteiger partial charge in [-0.1, -0.05) is 38.5 Å². The van der Waals surface area contributed by atoms with Crippen molar-refractivity contribution in [3.63, 3.8) is 0 Å². The zero-order chi connectivity index (χ0) is 11.8. The van der Waals surface area contributed by atoms with E-state index in [-0.39, 0.29) is 5.91 Å². The lowest BCUT2D eigenvalue weighted by molar-refractivity contribution is -0.130. The van der Waals surface area contributed by atoms with E-state index in [0.29, 0.717) is 13.0 Å². The van der Waals surface area contributed by atoms with E-state index in [4.69, 9.17) is 6.42 Å². The zero-order valence-electron chi connectivity index (χ0n) is 10.4. The van der Waals surface area contributed by atoms with Crippen molar-refractivity contribution in [1.82, 2.24) is 4.90 Å². The number of hydrogen-bond acceptors (Lipinski definition) is 1. The molecule has 1 fully saturated rings. The van der Waals surface area contributed by atoms with Crippen LogP contribution in [0.25, 0.3) is 0 Å². The Kier molecular flexibility index (Phi) is 6.00. The molecule has 0 aromatic carbocycles. The van der Waals surface area contributed by atoms with Crippen molar-refractivity contribution in [2.24, 2.45) is 5.92 Å². The van der Waals surface area contributed by atoms with Crippen molar-refractivity contribution in [2.45, 2.75) is 51.9 Å². The van der Waals surface area contributed by atoms with Crippen molar-refractivity contribution < 1.29 is 4.79 Å². The minimum Gasteiger partial charge on any atom is -0.332 e. The Labute approximate surface area is 99.4 Å². The molecule has 0 aromatic heterocycles. The van der Waals surface area contributed by atoms with Crippen LogP contribution in [0.1, 0.15) is 51.9 Å². The fraction of sp³-hybridized carbons (Fsp3) is 0.786. The second-order valence-corrected chi connectivity index (χ2v) is 4.71. The molecule has 1 saturated carbocycles. The third kappa shape index (κ3) is 4.26. The lowest BCUT2D eigenvalue weighted by Gasteiger charge is -2.20. The summed E-state index contributed by atoms with van der Waals surface area (Å²) in [5, 5.41) is 0. The van der Waals surface area contributed by atoms with E-state index in [2.05, 4.69) is 12.8 Å². The van der Waals surface area contributed by atoms with E-state index >= 15 is 0 Å². The van der Waals surface area contributed by atoms with Crippen LogP contribution in [0, 0.1) is 18.3 Å². The molecule has 0 radical (unpaired) electrons. The fourth-order valence-corrected chi connectivity index (χ4v) is 2.46. The molecule has 0 spiro atoms. The molecule has 0 heterocycles. The Morgan fingerprint density at radius 2 is 2.12 bits per heavy atom. The van der Waals surface area contributed by atoms with Crippen LogP contribution < -0.4 is 0 Å². The lowest BCUT2D eigenvalue weighted by atomic mass is 10.0. The minimum absolute atomic E-state index is 0.242. The van der Waals surface area contributed by atoms with Gasteiger partial charge < -0.3 is 4.90 Å². The van der Waals surface area contributed by atoms with Crippen LogP contribution in [0.3, 0.4) is 0 Å². The van der Waals surface area contributed by atoms with E-state index in [9.17, 15) is 4.79 Å². The molecule has 1 rings (SSSR count). The van der Waals surface area contributed by atoms with Crippen LogP contribution in [-0.2, 0) is 4.79 Å². The SMILES string of the molecule is C#CCN(CCC)C(=O)CCC1CCCC1. The quantitative estimate of drug-likeness (QED) is 0.632. The molecule has 90 valence electrons. The van der Waals surface area contributed by atoms with Gasteiger partial charge in [-0.05, 0) is 18.8 Å². The third-order valence-electron chi connectivity index (χ3n) is 3.37. The number of hydrogen-bond donors (Lipinski definition) is 0. The molecule has 1 amide bonds. The first-order valence-corrected chi connectivity index (χ1v) is 6.49. The first-order valence-electron chi connectivity index (χ1n) is 6.49. The van der Waals surface area contributed by atoms with Crippen molar-refractivity contribution in [3.8, 4) is 12.3 Å². The first-order chi connectivity index (χ1) is 7.77. The van der Waals surface area contributed by atoms with E-state index in [0.717, 1.165) is 25.3 Å². The predicted molar refractivity (Wildman–Crippen MR) is 66.9 cm³/mol. The van der Waals surface area contributed by atoms with Crippen LogP contribution in [-0.4, -0.2) is 23.9 Å². The van der Waals surface area contributed by atoms with Crippen LogP contribution >= 0.6 is 0 Å². The molecule has 16 heavy (non-hydrogen) atoms. The molecule has 0 unspecified atom stereocenters. The molecule has 0 bridgehead atoms. The Morgan fingerprint density at radius 3 is 2.69 bits per heavy atom. The predicted octanol–water partition coefficient (Wildman–Crippen LogP) is 2.83. The number of amides is 1. The topological polar surface area (TPSA) is 20.3 Å². The van der Waals surface area contributed by atoms with Gasteiger partial charge in [0.2, 0.25) is 5.91 Å². The van der Waals surface area contributed by atoms with E-state index in [1.807, 2.05) is 4.90 Å². The molecule has 0 saturated heterocycles. The van der Waals surface area contributed by atoms with Crippen molar-refractivity contribution >= 4 is 5.91 Å². The van der Waals surface area contributed by atoms with Gasteiger partial charge in [0.25, 0.3) is 0 Å². The highest BCUT2D eigenvalue weighted by molar-refractivity contribution is 5.76. The number of nitrogens with zero attached hydrogens (tertiary/aromatic N) is 1. The summed E-state index contributed by atoms with van der Waals surface area (Å²) in [4.78, 5) is 13.7. The summed E-state index contributed by atoms with van der Waals surface area (Å²) in [6, 6.07) is 0. The summed E-state index contributed by atoms with van der Waals surface area (Å²) in [6.45, 7) is 3.35. The number of terminal acetylenes is 1. The van der Waals surface area contributed by atoms with Gasteiger partial charge in [-0.15, -0.1) is 6.42 Å². The number of carbonyl (C=O) groups excluding carboxylic acids is 1. The summed E-state index contributed by atoms with van der Waals surface area (Å²) in [6.07, 6.45) is 13.3. The lowest BCUT2D eigenvalue weighted by Crippen LogP contribution is -2.32. The smallest absolute Gasteiger partial charge is 0.223 e. The number of rotatable bonds is 6. The Hall–Kier alpha value is -0.970. The largest absolute Gasteiger partial charge is 0.332 e. The van der Waals surface area contributed by atoms with Crippen LogP contribution in [0.5, 0.6) is 0 Å². The molecule has 0 atom stereocenters. The molecule has 0 aromatic rings. The molecule has 0 N–H and O–H groups in total. The molecule has 1 aliphatic carbocycles. The molecular formula is C14H23NO. The molecular weight excluding hydrogens is 198 g/mol. The van der Waals surface area contributed by atoms with E-state index in [1.54, 1.807) is 0 Å². The van der Waals surface area contributed by atoms with E-state index in [1.165, 1.54) is 25.7 Å². The van der Waals surface area contributed by atoms with Crippen LogP contribution in [0.4, 0.5) is 0 Å². The average Bonchev–Trinajstić information content (AvgIpc) is 2.78. The summed E-state index contributed by atoms with van der Waals surface area (Å²) in [5.41, 5.74) is 0. The molecule has 0 aliphatic heterocycles. The second-order valence-electron chi connectivity index (χ2n) is 4.71. The zero-order valence-corrected chi connectivity index (χ0v) is 10.4. The van der Waals surface area contributed by atoms with Gasteiger partial charge in [-0.3, -0.25) is 4.79 Å². The minimum atomic E-state index is 0.242. The van der Waals surface area contributed by atoms with Crippen molar-refractivity contribution in [2.75, 3.05) is 13.1 Å². The Balaban J connectivity index is 2.27. The normalized spacial score (nSPS) is 16.0. The van der Waals surface area contributed by atoms with Gasteiger partial charge in [-0.2, -0.15) is 0 Å². The average molecular weight is 221 g/mol.